The van der Waals surface area contributed by atoms with Crippen LogP contribution in [0.15, 0.2) is 36.4 Å². The Morgan fingerprint density at radius 3 is 2.70 bits per heavy atom. The zero-order chi connectivity index (χ0) is 19.6. The first-order valence-corrected chi connectivity index (χ1v) is 9.20. The van der Waals surface area contributed by atoms with Gasteiger partial charge in [0.15, 0.2) is 6.61 Å². The number of rotatable bonds is 5. The highest BCUT2D eigenvalue weighted by Gasteiger charge is 2.34. The monoisotopic (exact) mass is 389 g/mol. The van der Waals surface area contributed by atoms with E-state index in [1.165, 1.54) is 0 Å². The number of methoxy groups -OCH3 is 1. The van der Waals surface area contributed by atoms with E-state index < -0.39 is 0 Å². The third-order valence-electron chi connectivity index (χ3n) is 4.51. The molecule has 0 fully saturated rings. The number of ether oxygens (including phenoxy) is 3. The van der Waals surface area contributed by atoms with Crippen molar-refractivity contribution in [1.29, 1.82) is 0 Å². The van der Waals surface area contributed by atoms with E-state index >= 15 is 0 Å². The predicted octanol–water partition coefficient (Wildman–Crippen LogP) is 4.45. The predicted molar refractivity (Wildman–Crippen MR) is 105 cm³/mol. The molecule has 0 aromatic heterocycles. The summed E-state index contributed by atoms with van der Waals surface area (Å²) in [6.07, 6.45) is 0.652. The van der Waals surface area contributed by atoms with E-state index in [1.807, 2.05) is 45.0 Å². The van der Waals surface area contributed by atoms with Crippen molar-refractivity contribution in [1.82, 2.24) is 5.32 Å². The molecule has 1 heterocycles. The topological polar surface area (TPSA) is 56.8 Å². The molecule has 0 aliphatic carbocycles. The molecule has 6 heteroatoms. The molecule has 0 saturated carbocycles. The quantitative estimate of drug-likeness (QED) is 0.820. The van der Waals surface area contributed by atoms with Crippen LogP contribution in [-0.2, 0) is 4.79 Å². The van der Waals surface area contributed by atoms with E-state index in [2.05, 4.69) is 5.32 Å². The molecule has 0 spiro atoms. The van der Waals surface area contributed by atoms with Crippen LogP contribution in [0.1, 0.15) is 37.4 Å². The number of hydrogen-bond donors (Lipinski definition) is 1. The Labute approximate surface area is 164 Å². The van der Waals surface area contributed by atoms with Gasteiger partial charge in [0.25, 0.3) is 5.91 Å². The number of carbonyl (C=O) groups excluding carboxylic acids is 1. The molecule has 0 unspecified atom stereocenters. The third kappa shape index (κ3) is 4.66. The Hall–Kier alpha value is -2.40. The summed E-state index contributed by atoms with van der Waals surface area (Å²) in [4.78, 5) is 12.5. The smallest absolute Gasteiger partial charge is 0.258 e. The van der Waals surface area contributed by atoms with Crippen LogP contribution in [0, 0.1) is 6.92 Å². The van der Waals surface area contributed by atoms with Gasteiger partial charge < -0.3 is 19.5 Å². The molecule has 2 aromatic rings. The minimum Gasteiger partial charge on any atom is -0.497 e. The van der Waals surface area contributed by atoms with Gasteiger partial charge in [0, 0.05) is 17.0 Å². The van der Waals surface area contributed by atoms with Crippen LogP contribution in [0.3, 0.4) is 0 Å². The first-order chi connectivity index (χ1) is 12.8. The van der Waals surface area contributed by atoms with Crippen molar-refractivity contribution in [2.75, 3.05) is 13.7 Å². The maximum absolute atomic E-state index is 12.5. The summed E-state index contributed by atoms with van der Waals surface area (Å²) in [7, 11) is 1.62. The van der Waals surface area contributed by atoms with Gasteiger partial charge in [-0.05, 0) is 62.7 Å². The highest BCUT2D eigenvalue weighted by molar-refractivity contribution is 6.31. The normalized spacial score (nSPS) is 17.4. The first kappa shape index (κ1) is 19.4. The van der Waals surface area contributed by atoms with E-state index in [0.717, 1.165) is 22.6 Å². The van der Waals surface area contributed by atoms with E-state index in [9.17, 15) is 4.79 Å². The highest BCUT2D eigenvalue weighted by atomic mass is 35.5. The molecular formula is C21H24ClNO4. The van der Waals surface area contributed by atoms with Crippen LogP contribution in [0.2, 0.25) is 5.02 Å². The van der Waals surface area contributed by atoms with Crippen molar-refractivity contribution in [3.8, 4) is 17.2 Å². The van der Waals surface area contributed by atoms with E-state index in [0.29, 0.717) is 17.2 Å². The molecule has 1 aliphatic heterocycles. The van der Waals surface area contributed by atoms with Crippen molar-refractivity contribution >= 4 is 17.5 Å². The van der Waals surface area contributed by atoms with Gasteiger partial charge in [-0.1, -0.05) is 11.6 Å². The van der Waals surface area contributed by atoms with Gasteiger partial charge >= 0.3 is 0 Å². The fourth-order valence-electron chi connectivity index (χ4n) is 3.18. The van der Waals surface area contributed by atoms with Gasteiger partial charge in [0.05, 0.1) is 13.2 Å². The number of benzene rings is 2. The maximum atomic E-state index is 12.5. The van der Waals surface area contributed by atoms with Crippen molar-refractivity contribution < 1.29 is 19.0 Å². The molecule has 1 amide bonds. The van der Waals surface area contributed by atoms with Gasteiger partial charge in [-0.15, -0.1) is 0 Å². The maximum Gasteiger partial charge on any atom is 0.258 e. The molecular weight excluding hydrogens is 366 g/mol. The second-order valence-corrected chi connectivity index (χ2v) is 7.70. The second-order valence-electron chi connectivity index (χ2n) is 7.29. The Balaban J connectivity index is 1.70. The standard InChI is InChI=1S/C21H24ClNO4/c1-13-9-15(5-7-17(13)22)26-12-20(24)23-18-11-21(2,3)27-19-8-6-14(25-4)10-16(18)19/h5-10,18H,11-12H2,1-4H3,(H,23,24)/t18-/m1/s1. The largest absolute Gasteiger partial charge is 0.497 e. The summed E-state index contributed by atoms with van der Waals surface area (Å²) >= 11 is 6.01. The molecule has 3 rings (SSSR count). The summed E-state index contributed by atoms with van der Waals surface area (Å²) in [5.41, 5.74) is 1.43. The van der Waals surface area contributed by atoms with Gasteiger partial charge in [0.1, 0.15) is 22.8 Å². The van der Waals surface area contributed by atoms with E-state index in [1.54, 1.807) is 19.2 Å². The number of fused-ring (bicyclic) bond motifs is 1. The van der Waals surface area contributed by atoms with Crippen LogP contribution in [0.4, 0.5) is 0 Å². The second kappa shape index (κ2) is 7.69. The number of nitrogens with one attached hydrogen (secondary N) is 1. The Kier molecular flexibility index (Phi) is 5.51. The number of aryl methyl sites for hydroxylation is 1. The molecule has 1 atom stereocenters. The fraction of sp³-hybridized carbons (Fsp3) is 0.381. The van der Waals surface area contributed by atoms with Crippen molar-refractivity contribution in [2.45, 2.75) is 38.8 Å². The fourth-order valence-corrected chi connectivity index (χ4v) is 3.30. The van der Waals surface area contributed by atoms with Gasteiger partial charge in [-0.2, -0.15) is 0 Å². The molecule has 0 radical (unpaired) electrons. The molecule has 27 heavy (non-hydrogen) atoms. The zero-order valence-electron chi connectivity index (χ0n) is 16.0. The SMILES string of the molecule is COc1ccc2c(c1)[C@H](NC(=O)COc1ccc(Cl)c(C)c1)CC(C)(C)O2. The van der Waals surface area contributed by atoms with Crippen LogP contribution >= 0.6 is 11.6 Å². The summed E-state index contributed by atoms with van der Waals surface area (Å²) < 4.78 is 16.9. The van der Waals surface area contributed by atoms with E-state index in [4.69, 9.17) is 25.8 Å². The summed E-state index contributed by atoms with van der Waals surface area (Å²) in [6, 6.07) is 10.8. The lowest BCUT2D eigenvalue weighted by molar-refractivity contribution is -0.124. The number of hydrogen-bond acceptors (Lipinski definition) is 4. The van der Waals surface area contributed by atoms with Crippen LogP contribution < -0.4 is 19.5 Å². The van der Waals surface area contributed by atoms with Crippen molar-refractivity contribution in [3.05, 3.63) is 52.5 Å². The molecule has 0 bridgehead atoms. The number of carbonyl (C=O) groups is 1. The van der Waals surface area contributed by atoms with Gasteiger partial charge in [-0.25, -0.2) is 0 Å². The van der Waals surface area contributed by atoms with Crippen LogP contribution in [0.25, 0.3) is 0 Å². The first-order valence-electron chi connectivity index (χ1n) is 8.83. The minimum atomic E-state index is -0.381. The summed E-state index contributed by atoms with van der Waals surface area (Å²) in [6.45, 7) is 5.83. The van der Waals surface area contributed by atoms with Gasteiger partial charge in [0.2, 0.25) is 0 Å². The Morgan fingerprint density at radius 2 is 2.00 bits per heavy atom. The van der Waals surface area contributed by atoms with Crippen LogP contribution in [0.5, 0.6) is 17.2 Å². The molecule has 1 N–H and O–H groups in total. The van der Waals surface area contributed by atoms with Crippen molar-refractivity contribution in [3.63, 3.8) is 0 Å². The zero-order valence-corrected chi connectivity index (χ0v) is 16.7. The summed E-state index contributed by atoms with van der Waals surface area (Å²) in [5.74, 6) is 1.90. The minimum absolute atomic E-state index is 0.0713. The molecule has 2 aromatic carbocycles. The lowest BCUT2D eigenvalue weighted by Crippen LogP contribution is -2.42. The molecule has 1 aliphatic rings. The molecule has 0 saturated heterocycles. The average molecular weight is 390 g/mol. The average Bonchev–Trinajstić information content (AvgIpc) is 2.61. The summed E-state index contributed by atoms with van der Waals surface area (Å²) in [5, 5.41) is 3.72. The van der Waals surface area contributed by atoms with Crippen molar-refractivity contribution in [2.24, 2.45) is 0 Å². The number of halogens is 1. The van der Waals surface area contributed by atoms with Crippen LogP contribution in [-0.4, -0.2) is 25.2 Å². The molecule has 144 valence electrons. The number of amides is 1. The van der Waals surface area contributed by atoms with Gasteiger partial charge in [-0.3, -0.25) is 4.79 Å². The Morgan fingerprint density at radius 1 is 1.26 bits per heavy atom. The third-order valence-corrected chi connectivity index (χ3v) is 4.93. The lowest BCUT2D eigenvalue weighted by atomic mass is 9.89. The highest BCUT2D eigenvalue weighted by Crippen LogP contribution is 2.41. The lowest BCUT2D eigenvalue weighted by Gasteiger charge is -2.38. The molecule has 5 nitrogen and oxygen atoms in total. The Bertz CT molecular complexity index is 850. The van der Waals surface area contributed by atoms with E-state index in [-0.39, 0.29) is 24.2 Å².